The van der Waals surface area contributed by atoms with Crippen molar-refractivity contribution in [3.63, 3.8) is 0 Å². The Bertz CT molecular complexity index is 826. The molecule has 1 aromatic heterocycles. The van der Waals surface area contributed by atoms with E-state index in [4.69, 9.17) is 16.0 Å². The fourth-order valence-electron chi connectivity index (χ4n) is 2.39. The van der Waals surface area contributed by atoms with Gasteiger partial charge < -0.3 is 9.73 Å². The number of amides is 1. The molecule has 0 aliphatic rings. The molecule has 0 radical (unpaired) electrons. The fourth-order valence-corrected chi connectivity index (χ4v) is 2.59. The van der Waals surface area contributed by atoms with Crippen LogP contribution >= 0.6 is 11.6 Å². The molecule has 24 heavy (non-hydrogen) atoms. The topological polar surface area (TPSA) is 42.2 Å². The molecule has 1 N–H and O–H groups in total. The van der Waals surface area contributed by atoms with Gasteiger partial charge in [-0.1, -0.05) is 54.1 Å². The van der Waals surface area contributed by atoms with Gasteiger partial charge in [-0.05, 0) is 41.5 Å². The first-order chi connectivity index (χ1) is 11.7. The highest BCUT2D eigenvalue weighted by atomic mass is 35.5. The minimum absolute atomic E-state index is 0.208. The zero-order valence-corrected chi connectivity index (χ0v) is 13.6. The Labute approximate surface area is 145 Å². The van der Waals surface area contributed by atoms with Gasteiger partial charge in [-0.3, -0.25) is 4.79 Å². The molecule has 120 valence electrons. The van der Waals surface area contributed by atoms with Crippen molar-refractivity contribution in [2.24, 2.45) is 0 Å². The molecular formula is C20H16ClNO2. The van der Waals surface area contributed by atoms with E-state index in [2.05, 4.69) is 5.32 Å². The first-order valence-corrected chi connectivity index (χ1v) is 7.92. The van der Waals surface area contributed by atoms with E-state index in [0.29, 0.717) is 10.8 Å². The van der Waals surface area contributed by atoms with Crippen LogP contribution in [0.4, 0.5) is 0 Å². The highest BCUT2D eigenvalue weighted by molar-refractivity contribution is 6.30. The Hall–Kier alpha value is -2.78. The molecule has 0 aliphatic heterocycles. The van der Waals surface area contributed by atoms with E-state index in [1.54, 1.807) is 30.5 Å². The maximum Gasteiger partial charge on any atom is 0.244 e. The Kier molecular flexibility index (Phi) is 5.14. The van der Waals surface area contributed by atoms with Crippen molar-refractivity contribution in [2.45, 2.75) is 6.04 Å². The minimum atomic E-state index is -0.335. The van der Waals surface area contributed by atoms with Gasteiger partial charge in [0.15, 0.2) is 0 Å². The molecule has 3 nitrogen and oxygen atoms in total. The van der Waals surface area contributed by atoms with Gasteiger partial charge in [0.1, 0.15) is 11.8 Å². The maximum atomic E-state index is 12.3. The molecule has 0 saturated carbocycles. The predicted molar refractivity (Wildman–Crippen MR) is 95.6 cm³/mol. The first kappa shape index (κ1) is 16.1. The third kappa shape index (κ3) is 4.15. The summed E-state index contributed by atoms with van der Waals surface area (Å²) in [6.45, 7) is 0. The Morgan fingerprint density at radius 1 is 1.04 bits per heavy atom. The summed E-state index contributed by atoms with van der Waals surface area (Å²) in [7, 11) is 0. The lowest BCUT2D eigenvalue weighted by Gasteiger charge is -2.16. The van der Waals surface area contributed by atoms with Gasteiger partial charge >= 0.3 is 0 Å². The number of furan rings is 1. The van der Waals surface area contributed by atoms with Crippen molar-refractivity contribution in [3.05, 3.63) is 101 Å². The molecule has 2 aromatic carbocycles. The van der Waals surface area contributed by atoms with E-state index < -0.39 is 0 Å². The summed E-state index contributed by atoms with van der Waals surface area (Å²) in [5.41, 5.74) is 1.82. The summed E-state index contributed by atoms with van der Waals surface area (Å²) in [6.07, 6.45) is 4.81. The molecule has 0 unspecified atom stereocenters. The van der Waals surface area contributed by atoms with E-state index in [-0.39, 0.29) is 11.9 Å². The van der Waals surface area contributed by atoms with Gasteiger partial charge in [-0.15, -0.1) is 0 Å². The average Bonchev–Trinajstić information content (AvgIpc) is 3.13. The van der Waals surface area contributed by atoms with E-state index in [1.165, 1.54) is 6.08 Å². The third-order valence-corrected chi connectivity index (χ3v) is 3.76. The zero-order valence-electron chi connectivity index (χ0n) is 12.9. The number of hydrogen-bond donors (Lipinski definition) is 1. The lowest BCUT2D eigenvalue weighted by atomic mass is 10.0. The van der Waals surface area contributed by atoms with E-state index in [1.807, 2.05) is 48.5 Å². The minimum Gasteiger partial charge on any atom is -0.467 e. The van der Waals surface area contributed by atoms with Crippen LogP contribution in [0, 0.1) is 0 Å². The van der Waals surface area contributed by atoms with Crippen molar-refractivity contribution in [2.75, 3.05) is 0 Å². The number of hydrogen-bond acceptors (Lipinski definition) is 2. The van der Waals surface area contributed by atoms with E-state index >= 15 is 0 Å². The van der Waals surface area contributed by atoms with Gasteiger partial charge in [-0.2, -0.15) is 0 Å². The van der Waals surface area contributed by atoms with Gasteiger partial charge in [-0.25, -0.2) is 0 Å². The number of rotatable bonds is 5. The molecule has 1 heterocycles. The molecule has 0 spiro atoms. The van der Waals surface area contributed by atoms with Crippen LogP contribution < -0.4 is 5.32 Å². The van der Waals surface area contributed by atoms with Crippen LogP contribution in [0.25, 0.3) is 6.08 Å². The van der Waals surface area contributed by atoms with Crippen LogP contribution in [0.15, 0.2) is 83.5 Å². The van der Waals surface area contributed by atoms with Crippen molar-refractivity contribution >= 4 is 23.6 Å². The van der Waals surface area contributed by atoms with Gasteiger partial charge in [0.25, 0.3) is 0 Å². The van der Waals surface area contributed by atoms with Crippen LogP contribution in [0.2, 0.25) is 5.02 Å². The quantitative estimate of drug-likeness (QED) is 0.676. The molecule has 1 amide bonds. The van der Waals surface area contributed by atoms with Crippen molar-refractivity contribution in [1.29, 1.82) is 0 Å². The maximum absolute atomic E-state index is 12.3. The molecule has 0 saturated heterocycles. The largest absolute Gasteiger partial charge is 0.467 e. The number of carbonyl (C=O) groups is 1. The molecule has 3 rings (SSSR count). The summed E-state index contributed by atoms with van der Waals surface area (Å²) >= 11 is 5.95. The van der Waals surface area contributed by atoms with Crippen molar-refractivity contribution in [1.82, 2.24) is 5.32 Å². The lowest BCUT2D eigenvalue weighted by Crippen LogP contribution is -2.27. The van der Waals surface area contributed by atoms with Crippen molar-refractivity contribution in [3.8, 4) is 0 Å². The molecule has 0 bridgehead atoms. The number of carbonyl (C=O) groups excluding carboxylic acids is 1. The zero-order chi connectivity index (χ0) is 16.8. The summed E-state index contributed by atoms with van der Waals surface area (Å²) in [5.74, 6) is 0.478. The first-order valence-electron chi connectivity index (χ1n) is 7.55. The SMILES string of the molecule is O=C(/C=C/c1cccc(Cl)c1)N[C@@H](c1ccccc1)c1ccco1. The van der Waals surface area contributed by atoms with Gasteiger partial charge in [0.2, 0.25) is 5.91 Å². The van der Waals surface area contributed by atoms with Crippen LogP contribution in [0.3, 0.4) is 0 Å². The molecule has 4 heteroatoms. The average molecular weight is 338 g/mol. The van der Waals surface area contributed by atoms with Gasteiger partial charge in [0, 0.05) is 11.1 Å². The van der Waals surface area contributed by atoms with Crippen molar-refractivity contribution < 1.29 is 9.21 Å². The Morgan fingerprint density at radius 3 is 2.58 bits per heavy atom. The predicted octanol–water partition coefficient (Wildman–Crippen LogP) is 4.85. The normalized spacial score (nSPS) is 12.2. The number of nitrogens with one attached hydrogen (secondary N) is 1. The standard InChI is InChI=1S/C20H16ClNO2/c21-17-9-4-6-15(14-17)11-12-19(23)22-20(18-10-5-13-24-18)16-7-2-1-3-8-16/h1-14,20H,(H,22,23)/b12-11+/t20-/m0/s1. The fraction of sp³-hybridized carbons (Fsp3) is 0.0500. The smallest absolute Gasteiger partial charge is 0.244 e. The molecular weight excluding hydrogens is 322 g/mol. The summed E-state index contributed by atoms with van der Waals surface area (Å²) in [4.78, 5) is 12.3. The summed E-state index contributed by atoms with van der Waals surface area (Å²) < 4.78 is 5.47. The highest BCUT2D eigenvalue weighted by Gasteiger charge is 2.17. The van der Waals surface area contributed by atoms with E-state index in [0.717, 1.165) is 11.1 Å². The molecule has 1 atom stereocenters. The van der Waals surface area contributed by atoms with Crippen LogP contribution in [-0.2, 0) is 4.79 Å². The highest BCUT2D eigenvalue weighted by Crippen LogP contribution is 2.22. The molecule has 3 aromatic rings. The summed E-state index contributed by atoms with van der Waals surface area (Å²) in [5, 5.41) is 3.60. The Balaban J connectivity index is 1.77. The van der Waals surface area contributed by atoms with Crippen LogP contribution in [-0.4, -0.2) is 5.91 Å². The van der Waals surface area contributed by atoms with Crippen LogP contribution in [0.1, 0.15) is 22.9 Å². The van der Waals surface area contributed by atoms with E-state index in [9.17, 15) is 4.79 Å². The second-order valence-electron chi connectivity index (χ2n) is 5.26. The Morgan fingerprint density at radius 2 is 1.88 bits per heavy atom. The lowest BCUT2D eigenvalue weighted by molar-refractivity contribution is -0.117. The number of benzene rings is 2. The monoisotopic (exact) mass is 337 g/mol. The van der Waals surface area contributed by atoms with Gasteiger partial charge in [0.05, 0.1) is 6.26 Å². The summed E-state index contributed by atoms with van der Waals surface area (Å²) in [6, 6.07) is 20.3. The second-order valence-corrected chi connectivity index (χ2v) is 5.69. The molecule has 0 fully saturated rings. The van der Waals surface area contributed by atoms with Crippen LogP contribution in [0.5, 0.6) is 0 Å². The number of halogens is 1. The molecule has 0 aliphatic carbocycles. The third-order valence-electron chi connectivity index (χ3n) is 3.52. The second kappa shape index (κ2) is 7.66.